The molecular weight excluding hydrogens is 216 g/mol. The molecular formula is C13H20N2O2. The van der Waals surface area contributed by atoms with E-state index in [-0.39, 0.29) is 11.8 Å². The fourth-order valence-electron chi connectivity index (χ4n) is 2.50. The molecule has 2 rings (SSSR count). The molecule has 5 N–H and O–H groups in total. The third-order valence-electron chi connectivity index (χ3n) is 3.32. The zero-order chi connectivity index (χ0) is 12.6. The predicted molar refractivity (Wildman–Crippen MR) is 67.9 cm³/mol. The summed E-state index contributed by atoms with van der Waals surface area (Å²) >= 11 is 0. The van der Waals surface area contributed by atoms with Gasteiger partial charge in [0.1, 0.15) is 5.75 Å². The summed E-state index contributed by atoms with van der Waals surface area (Å²) in [5, 5.41) is 23.2. The van der Waals surface area contributed by atoms with Crippen molar-refractivity contribution in [3.05, 3.63) is 23.3 Å². The van der Waals surface area contributed by atoms with Crippen molar-refractivity contribution in [1.29, 1.82) is 0 Å². The van der Waals surface area contributed by atoms with Gasteiger partial charge in [-0.15, -0.1) is 0 Å². The average Bonchev–Trinajstić information content (AvgIpc) is 2.27. The van der Waals surface area contributed by atoms with E-state index in [0.29, 0.717) is 11.7 Å². The standard InChI is InChI=1S/C13H20N2O2/c1-7(2)15-10-5-3-8-9(13(10)17)4-6-11(16)12(8)14/h4,6-7,10,13,15-17H,3,5,14H2,1-2H3. The van der Waals surface area contributed by atoms with Gasteiger partial charge in [0.2, 0.25) is 0 Å². The summed E-state index contributed by atoms with van der Waals surface area (Å²) in [4.78, 5) is 0. The van der Waals surface area contributed by atoms with Gasteiger partial charge in [-0.25, -0.2) is 0 Å². The number of hydrogen-bond donors (Lipinski definition) is 4. The smallest absolute Gasteiger partial charge is 0.138 e. The van der Waals surface area contributed by atoms with E-state index in [1.807, 2.05) is 0 Å². The largest absolute Gasteiger partial charge is 0.506 e. The molecule has 2 unspecified atom stereocenters. The van der Waals surface area contributed by atoms with E-state index in [1.165, 1.54) is 0 Å². The van der Waals surface area contributed by atoms with E-state index in [0.717, 1.165) is 24.0 Å². The summed E-state index contributed by atoms with van der Waals surface area (Å²) in [7, 11) is 0. The van der Waals surface area contributed by atoms with Crippen LogP contribution in [0.25, 0.3) is 0 Å². The van der Waals surface area contributed by atoms with Crippen LogP contribution in [0.5, 0.6) is 5.75 Å². The second kappa shape index (κ2) is 4.55. The van der Waals surface area contributed by atoms with Crippen molar-refractivity contribution in [2.75, 3.05) is 5.73 Å². The highest BCUT2D eigenvalue weighted by atomic mass is 16.3. The van der Waals surface area contributed by atoms with Crippen LogP contribution < -0.4 is 11.1 Å². The molecule has 0 aliphatic heterocycles. The second-order valence-electron chi connectivity index (χ2n) is 4.98. The number of nitrogens with one attached hydrogen (secondary N) is 1. The number of anilines is 1. The molecule has 0 fully saturated rings. The van der Waals surface area contributed by atoms with Crippen LogP contribution >= 0.6 is 0 Å². The van der Waals surface area contributed by atoms with Gasteiger partial charge in [0.15, 0.2) is 0 Å². The molecule has 0 saturated heterocycles. The summed E-state index contributed by atoms with van der Waals surface area (Å²) in [5.41, 5.74) is 7.96. The van der Waals surface area contributed by atoms with Crippen molar-refractivity contribution in [1.82, 2.24) is 5.32 Å². The van der Waals surface area contributed by atoms with Crippen molar-refractivity contribution < 1.29 is 10.2 Å². The number of aromatic hydroxyl groups is 1. The van der Waals surface area contributed by atoms with Crippen molar-refractivity contribution in [3.63, 3.8) is 0 Å². The first kappa shape index (κ1) is 12.2. The van der Waals surface area contributed by atoms with Crippen LogP contribution in [0.1, 0.15) is 37.5 Å². The van der Waals surface area contributed by atoms with Gasteiger partial charge in [0.25, 0.3) is 0 Å². The number of fused-ring (bicyclic) bond motifs is 1. The lowest BCUT2D eigenvalue weighted by Gasteiger charge is -2.33. The van der Waals surface area contributed by atoms with E-state index in [9.17, 15) is 10.2 Å². The Balaban J connectivity index is 2.30. The summed E-state index contributed by atoms with van der Waals surface area (Å²) in [6.07, 6.45) is 1.07. The molecule has 0 radical (unpaired) electrons. The Morgan fingerprint density at radius 3 is 2.76 bits per heavy atom. The Kier molecular flexibility index (Phi) is 3.26. The number of nitrogens with two attached hydrogens (primary N) is 1. The number of aliphatic hydroxyl groups excluding tert-OH is 1. The van der Waals surface area contributed by atoms with Gasteiger partial charge in [-0.1, -0.05) is 19.9 Å². The third kappa shape index (κ3) is 2.23. The Hall–Kier alpha value is -1.26. The zero-order valence-corrected chi connectivity index (χ0v) is 10.3. The lowest BCUT2D eigenvalue weighted by molar-refractivity contribution is 0.110. The Morgan fingerprint density at radius 2 is 2.12 bits per heavy atom. The molecule has 1 aromatic rings. The van der Waals surface area contributed by atoms with Gasteiger partial charge < -0.3 is 21.3 Å². The molecule has 1 aliphatic rings. The van der Waals surface area contributed by atoms with Crippen LogP contribution in [-0.4, -0.2) is 22.3 Å². The van der Waals surface area contributed by atoms with Crippen LogP contribution in [0.2, 0.25) is 0 Å². The molecule has 4 heteroatoms. The summed E-state index contributed by atoms with van der Waals surface area (Å²) in [6.45, 7) is 4.13. The highest BCUT2D eigenvalue weighted by molar-refractivity contribution is 5.62. The molecule has 0 spiro atoms. The van der Waals surface area contributed by atoms with Crippen LogP contribution in [0.4, 0.5) is 5.69 Å². The van der Waals surface area contributed by atoms with E-state index >= 15 is 0 Å². The fourth-order valence-corrected chi connectivity index (χ4v) is 2.50. The van der Waals surface area contributed by atoms with Gasteiger partial charge in [-0.05, 0) is 30.0 Å². The number of phenols is 1. The molecule has 0 amide bonds. The number of aliphatic hydroxyl groups is 1. The van der Waals surface area contributed by atoms with Crippen LogP contribution in [0.15, 0.2) is 12.1 Å². The lowest BCUT2D eigenvalue weighted by Crippen LogP contribution is -2.42. The number of benzene rings is 1. The quantitative estimate of drug-likeness (QED) is 0.461. The molecule has 0 bridgehead atoms. The summed E-state index contributed by atoms with van der Waals surface area (Å²) in [5.74, 6) is 0.103. The summed E-state index contributed by atoms with van der Waals surface area (Å²) < 4.78 is 0. The first-order chi connectivity index (χ1) is 8.00. The molecule has 17 heavy (non-hydrogen) atoms. The van der Waals surface area contributed by atoms with Crippen molar-refractivity contribution in [2.45, 2.75) is 44.9 Å². The van der Waals surface area contributed by atoms with E-state index < -0.39 is 6.10 Å². The van der Waals surface area contributed by atoms with Crippen LogP contribution in [-0.2, 0) is 6.42 Å². The SMILES string of the molecule is CC(C)NC1CCc2c(ccc(O)c2N)C1O. The normalized spacial score (nSPS) is 23.8. The first-order valence-electron chi connectivity index (χ1n) is 6.05. The third-order valence-corrected chi connectivity index (χ3v) is 3.32. The summed E-state index contributed by atoms with van der Waals surface area (Å²) in [6, 6.07) is 3.71. The number of nitrogen functional groups attached to an aromatic ring is 1. The molecule has 0 aromatic heterocycles. The minimum absolute atomic E-state index is 0.0615. The maximum absolute atomic E-state index is 10.3. The second-order valence-corrected chi connectivity index (χ2v) is 4.98. The van der Waals surface area contributed by atoms with Crippen molar-refractivity contribution in [3.8, 4) is 5.75 Å². The molecule has 2 atom stereocenters. The maximum atomic E-state index is 10.3. The predicted octanol–water partition coefficient (Wildman–Crippen LogP) is 1.32. The number of rotatable bonds is 2. The Morgan fingerprint density at radius 1 is 1.41 bits per heavy atom. The van der Waals surface area contributed by atoms with Gasteiger partial charge in [-0.2, -0.15) is 0 Å². The van der Waals surface area contributed by atoms with E-state index in [2.05, 4.69) is 19.2 Å². The Labute approximate surface area is 101 Å². The number of phenolic OH excluding ortho intramolecular Hbond substituents is 1. The topological polar surface area (TPSA) is 78.5 Å². The molecule has 4 nitrogen and oxygen atoms in total. The molecule has 0 saturated carbocycles. The molecule has 1 aromatic carbocycles. The van der Waals surface area contributed by atoms with E-state index in [1.54, 1.807) is 12.1 Å². The minimum atomic E-state index is -0.552. The van der Waals surface area contributed by atoms with Gasteiger partial charge in [0, 0.05) is 12.1 Å². The Bertz CT molecular complexity index is 418. The van der Waals surface area contributed by atoms with Crippen molar-refractivity contribution >= 4 is 5.69 Å². The monoisotopic (exact) mass is 236 g/mol. The minimum Gasteiger partial charge on any atom is -0.506 e. The van der Waals surface area contributed by atoms with E-state index in [4.69, 9.17) is 5.73 Å². The van der Waals surface area contributed by atoms with Crippen LogP contribution in [0, 0.1) is 0 Å². The zero-order valence-electron chi connectivity index (χ0n) is 10.3. The molecule has 94 valence electrons. The molecule has 1 aliphatic carbocycles. The average molecular weight is 236 g/mol. The van der Waals surface area contributed by atoms with Crippen molar-refractivity contribution in [2.24, 2.45) is 0 Å². The van der Waals surface area contributed by atoms with Crippen LogP contribution in [0.3, 0.4) is 0 Å². The lowest BCUT2D eigenvalue weighted by atomic mass is 9.84. The van der Waals surface area contributed by atoms with Gasteiger partial charge in [0.05, 0.1) is 11.8 Å². The number of hydrogen-bond acceptors (Lipinski definition) is 4. The highest BCUT2D eigenvalue weighted by Gasteiger charge is 2.29. The van der Waals surface area contributed by atoms with Gasteiger partial charge >= 0.3 is 0 Å². The van der Waals surface area contributed by atoms with Gasteiger partial charge in [-0.3, -0.25) is 0 Å². The molecule has 0 heterocycles. The maximum Gasteiger partial charge on any atom is 0.138 e. The fraction of sp³-hybridized carbons (Fsp3) is 0.538. The first-order valence-corrected chi connectivity index (χ1v) is 6.05. The highest BCUT2D eigenvalue weighted by Crippen LogP contribution is 2.37.